The van der Waals surface area contributed by atoms with Crippen molar-refractivity contribution in [1.29, 1.82) is 0 Å². The zero-order valence-electron chi connectivity index (χ0n) is 11.1. The van der Waals surface area contributed by atoms with Gasteiger partial charge in [-0.3, -0.25) is 4.79 Å². The van der Waals surface area contributed by atoms with Crippen LogP contribution in [0.4, 0.5) is 0 Å². The first kappa shape index (κ1) is 14.1. The van der Waals surface area contributed by atoms with Gasteiger partial charge in [-0.1, -0.05) is 18.2 Å². The molecule has 0 saturated heterocycles. The summed E-state index contributed by atoms with van der Waals surface area (Å²) in [7, 11) is 1.30. The van der Waals surface area contributed by atoms with Crippen molar-refractivity contribution in [3.63, 3.8) is 0 Å². The second-order valence-corrected chi connectivity index (χ2v) is 4.40. The number of hydrogen-bond acceptors (Lipinski definition) is 3. The Morgan fingerprint density at radius 2 is 2.15 bits per heavy atom. The molecule has 6 nitrogen and oxygen atoms in total. The third kappa shape index (κ3) is 3.16. The van der Waals surface area contributed by atoms with Gasteiger partial charge in [-0.2, -0.15) is 0 Å². The Labute approximate surface area is 115 Å². The lowest BCUT2D eigenvalue weighted by Gasteiger charge is -2.11. The fourth-order valence-electron chi connectivity index (χ4n) is 1.99. The maximum absolute atomic E-state index is 11.8. The number of fused-ring (bicyclic) bond motifs is 1. The minimum absolute atomic E-state index is 0.0486. The summed E-state index contributed by atoms with van der Waals surface area (Å²) in [6, 6.07) is 7.69. The minimum Gasteiger partial charge on any atom is -0.479 e. The SMILES string of the molecule is COC(CNC(=O)Cc1c[nH]c2ccccc12)C(=O)O. The number of aromatic nitrogens is 1. The highest BCUT2D eigenvalue weighted by molar-refractivity contribution is 5.89. The van der Waals surface area contributed by atoms with Gasteiger partial charge in [0, 0.05) is 24.2 Å². The molecule has 0 aliphatic carbocycles. The number of aromatic amines is 1. The van der Waals surface area contributed by atoms with E-state index in [9.17, 15) is 9.59 Å². The number of nitrogens with one attached hydrogen (secondary N) is 2. The molecule has 0 aliphatic rings. The molecule has 0 radical (unpaired) electrons. The number of methoxy groups -OCH3 is 1. The van der Waals surface area contributed by atoms with Crippen LogP contribution in [0.1, 0.15) is 5.56 Å². The van der Waals surface area contributed by atoms with Crippen molar-refractivity contribution in [3.05, 3.63) is 36.0 Å². The van der Waals surface area contributed by atoms with E-state index in [1.807, 2.05) is 24.3 Å². The van der Waals surface area contributed by atoms with Crippen molar-refractivity contribution in [2.75, 3.05) is 13.7 Å². The number of para-hydroxylation sites is 1. The molecular formula is C14H16N2O4. The third-order valence-corrected chi connectivity index (χ3v) is 3.07. The zero-order chi connectivity index (χ0) is 14.5. The number of carbonyl (C=O) groups is 2. The van der Waals surface area contributed by atoms with Crippen LogP contribution in [0.15, 0.2) is 30.5 Å². The Morgan fingerprint density at radius 1 is 1.40 bits per heavy atom. The number of carboxylic acids is 1. The first-order chi connectivity index (χ1) is 9.61. The van der Waals surface area contributed by atoms with Crippen LogP contribution in [0, 0.1) is 0 Å². The number of aliphatic carboxylic acids is 1. The van der Waals surface area contributed by atoms with E-state index in [-0.39, 0.29) is 18.9 Å². The van der Waals surface area contributed by atoms with Gasteiger partial charge in [-0.15, -0.1) is 0 Å². The van der Waals surface area contributed by atoms with Crippen LogP contribution in [-0.2, 0) is 20.7 Å². The van der Waals surface area contributed by atoms with Crippen molar-refractivity contribution < 1.29 is 19.4 Å². The molecule has 1 unspecified atom stereocenters. The minimum atomic E-state index is -1.10. The van der Waals surface area contributed by atoms with Crippen molar-refractivity contribution >= 4 is 22.8 Å². The zero-order valence-corrected chi connectivity index (χ0v) is 11.1. The van der Waals surface area contributed by atoms with Gasteiger partial charge in [-0.25, -0.2) is 4.79 Å². The van der Waals surface area contributed by atoms with Crippen LogP contribution in [0.25, 0.3) is 10.9 Å². The molecule has 20 heavy (non-hydrogen) atoms. The molecule has 2 rings (SSSR count). The standard InChI is InChI=1S/C14H16N2O4/c1-20-12(14(18)19)8-16-13(17)6-9-7-15-11-5-3-2-4-10(9)11/h2-5,7,12,15H,6,8H2,1H3,(H,16,17)(H,18,19). The van der Waals surface area contributed by atoms with Gasteiger partial charge in [0.2, 0.25) is 5.91 Å². The quantitative estimate of drug-likeness (QED) is 0.732. The molecule has 0 fully saturated rings. The largest absolute Gasteiger partial charge is 0.479 e. The second-order valence-electron chi connectivity index (χ2n) is 4.40. The summed E-state index contributed by atoms with van der Waals surface area (Å²) < 4.78 is 4.75. The predicted molar refractivity (Wildman–Crippen MR) is 73.4 cm³/mol. The highest BCUT2D eigenvalue weighted by Gasteiger charge is 2.17. The smallest absolute Gasteiger partial charge is 0.334 e. The molecule has 0 saturated carbocycles. The average Bonchev–Trinajstić information content (AvgIpc) is 2.82. The summed E-state index contributed by atoms with van der Waals surface area (Å²) in [6.07, 6.45) is 0.955. The maximum atomic E-state index is 11.8. The lowest BCUT2D eigenvalue weighted by molar-refractivity contribution is -0.148. The summed E-state index contributed by atoms with van der Waals surface area (Å²) in [5.74, 6) is -1.34. The van der Waals surface area contributed by atoms with E-state index in [0.717, 1.165) is 16.5 Å². The Morgan fingerprint density at radius 3 is 2.85 bits per heavy atom. The maximum Gasteiger partial charge on any atom is 0.334 e. The Bertz CT molecular complexity index is 620. The van der Waals surface area contributed by atoms with E-state index in [2.05, 4.69) is 10.3 Å². The van der Waals surface area contributed by atoms with E-state index >= 15 is 0 Å². The molecule has 2 aromatic rings. The number of rotatable bonds is 6. The molecular weight excluding hydrogens is 260 g/mol. The number of benzene rings is 1. The van der Waals surface area contributed by atoms with E-state index in [1.54, 1.807) is 6.20 Å². The van der Waals surface area contributed by atoms with E-state index in [0.29, 0.717) is 0 Å². The highest BCUT2D eigenvalue weighted by Crippen LogP contribution is 2.17. The lowest BCUT2D eigenvalue weighted by atomic mass is 10.1. The Balaban J connectivity index is 1.96. The first-order valence-electron chi connectivity index (χ1n) is 6.19. The Kier molecular flexibility index (Phi) is 4.37. The summed E-state index contributed by atoms with van der Waals surface area (Å²) in [5, 5.41) is 12.4. The van der Waals surface area contributed by atoms with Gasteiger partial charge in [0.05, 0.1) is 13.0 Å². The van der Waals surface area contributed by atoms with Gasteiger partial charge >= 0.3 is 5.97 Å². The van der Waals surface area contributed by atoms with Crippen molar-refractivity contribution in [2.24, 2.45) is 0 Å². The Hall–Kier alpha value is -2.34. The van der Waals surface area contributed by atoms with Crippen LogP contribution in [0.2, 0.25) is 0 Å². The molecule has 0 spiro atoms. The highest BCUT2D eigenvalue weighted by atomic mass is 16.5. The van der Waals surface area contributed by atoms with Crippen LogP contribution in [0.3, 0.4) is 0 Å². The number of carbonyl (C=O) groups excluding carboxylic acids is 1. The number of amides is 1. The molecule has 106 valence electrons. The summed E-state index contributed by atoms with van der Waals surface area (Å²) in [4.78, 5) is 25.7. The van der Waals surface area contributed by atoms with Crippen molar-refractivity contribution in [3.8, 4) is 0 Å². The van der Waals surface area contributed by atoms with Crippen molar-refractivity contribution in [2.45, 2.75) is 12.5 Å². The van der Waals surface area contributed by atoms with E-state index < -0.39 is 12.1 Å². The molecule has 1 heterocycles. The average molecular weight is 276 g/mol. The van der Waals surface area contributed by atoms with Crippen molar-refractivity contribution in [1.82, 2.24) is 10.3 Å². The topological polar surface area (TPSA) is 91.4 Å². The lowest BCUT2D eigenvalue weighted by Crippen LogP contribution is -2.38. The summed E-state index contributed by atoms with van der Waals surface area (Å²) >= 11 is 0. The number of hydrogen-bond donors (Lipinski definition) is 3. The van der Waals surface area contributed by atoms with Gasteiger partial charge in [0.1, 0.15) is 0 Å². The monoisotopic (exact) mass is 276 g/mol. The molecule has 1 aromatic heterocycles. The normalized spacial score (nSPS) is 12.2. The number of carboxylic acid groups (broad SMARTS) is 1. The molecule has 0 aliphatic heterocycles. The van der Waals surface area contributed by atoms with Crippen LogP contribution >= 0.6 is 0 Å². The van der Waals surface area contributed by atoms with Gasteiger partial charge in [0.25, 0.3) is 0 Å². The summed E-state index contributed by atoms with van der Waals surface area (Å²) in [5.41, 5.74) is 1.85. The first-order valence-corrected chi connectivity index (χ1v) is 6.19. The van der Waals surface area contributed by atoms with Crippen LogP contribution in [0.5, 0.6) is 0 Å². The molecule has 1 aromatic carbocycles. The summed E-state index contributed by atoms with van der Waals surface area (Å²) in [6.45, 7) is -0.0486. The third-order valence-electron chi connectivity index (χ3n) is 3.07. The fraction of sp³-hybridized carbons (Fsp3) is 0.286. The molecule has 3 N–H and O–H groups in total. The van der Waals surface area contributed by atoms with E-state index in [4.69, 9.17) is 9.84 Å². The van der Waals surface area contributed by atoms with Gasteiger partial charge < -0.3 is 20.1 Å². The van der Waals surface area contributed by atoms with Gasteiger partial charge in [-0.05, 0) is 11.6 Å². The molecule has 1 amide bonds. The fourth-order valence-corrected chi connectivity index (χ4v) is 1.99. The van der Waals surface area contributed by atoms with Gasteiger partial charge in [0.15, 0.2) is 6.10 Å². The van der Waals surface area contributed by atoms with Crippen LogP contribution in [-0.4, -0.2) is 41.7 Å². The molecule has 1 atom stereocenters. The van der Waals surface area contributed by atoms with E-state index in [1.165, 1.54) is 7.11 Å². The molecule has 0 bridgehead atoms. The number of H-pyrrole nitrogens is 1. The van der Waals surface area contributed by atoms with Crippen LogP contribution < -0.4 is 5.32 Å². The predicted octanol–water partition coefficient (Wildman–Crippen LogP) is 0.926. The second kappa shape index (κ2) is 6.21. The number of ether oxygens (including phenoxy) is 1. The molecule has 6 heteroatoms.